The van der Waals surface area contributed by atoms with Crippen molar-refractivity contribution < 1.29 is 4.74 Å². The molecule has 122 valence electrons. The van der Waals surface area contributed by atoms with Gasteiger partial charge in [0, 0.05) is 18.8 Å². The zero-order valence-corrected chi connectivity index (χ0v) is 14.3. The van der Waals surface area contributed by atoms with Gasteiger partial charge in [-0.25, -0.2) is 0 Å². The Hall–Kier alpha value is -1.26. The van der Waals surface area contributed by atoms with Crippen LogP contribution in [0, 0.1) is 12.3 Å². The van der Waals surface area contributed by atoms with Crippen LogP contribution in [-0.2, 0) is 11.2 Å². The number of terminal acetylenes is 1. The molecule has 0 amide bonds. The largest absolute Gasteiger partial charge is 0.381 e. The standard InChI is InChI=1S/C21H32O/c1-3-18-22-19-12-10-8-6-5-7-9-11-13-21-16-14-20(4-2)15-17-21/h2,14-17H,3,5-13,18-19H2,1H3. The number of hydrogen-bond donors (Lipinski definition) is 0. The SMILES string of the molecule is C#Cc1ccc(CCCCCCCCCCOCCC)cc1. The van der Waals surface area contributed by atoms with Crippen LogP contribution in [0.2, 0.25) is 0 Å². The third-order valence-corrected chi connectivity index (χ3v) is 3.97. The predicted molar refractivity (Wildman–Crippen MR) is 96.1 cm³/mol. The van der Waals surface area contributed by atoms with Gasteiger partial charge in [0.1, 0.15) is 0 Å². The lowest BCUT2D eigenvalue weighted by atomic mass is 10.0. The molecule has 0 radical (unpaired) electrons. The molecule has 0 unspecified atom stereocenters. The Morgan fingerprint density at radius 2 is 1.41 bits per heavy atom. The fourth-order valence-electron chi connectivity index (χ4n) is 2.61. The van der Waals surface area contributed by atoms with E-state index in [1.54, 1.807) is 0 Å². The average molecular weight is 300 g/mol. The highest BCUT2D eigenvalue weighted by Crippen LogP contribution is 2.12. The molecule has 0 aliphatic heterocycles. The van der Waals surface area contributed by atoms with E-state index < -0.39 is 0 Å². The molecular weight excluding hydrogens is 268 g/mol. The van der Waals surface area contributed by atoms with Crippen molar-refractivity contribution in [1.29, 1.82) is 0 Å². The van der Waals surface area contributed by atoms with Crippen LogP contribution in [0.3, 0.4) is 0 Å². The molecule has 0 saturated carbocycles. The van der Waals surface area contributed by atoms with Crippen LogP contribution in [0.15, 0.2) is 24.3 Å². The summed E-state index contributed by atoms with van der Waals surface area (Å²) in [6.07, 6.45) is 18.4. The summed E-state index contributed by atoms with van der Waals surface area (Å²) < 4.78 is 5.49. The minimum absolute atomic E-state index is 0.922. The van der Waals surface area contributed by atoms with E-state index in [1.807, 2.05) is 12.1 Å². The molecule has 0 saturated heterocycles. The van der Waals surface area contributed by atoms with Gasteiger partial charge in [-0.2, -0.15) is 0 Å². The topological polar surface area (TPSA) is 9.23 Å². The molecule has 22 heavy (non-hydrogen) atoms. The Morgan fingerprint density at radius 1 is 0.818 bits per heavy atom. The average Bonchev–Trinajstić information content (AvgIpc) is 2.56. The maximum absolute atomic E-state index is 5.49. The smallest absolute Gasteiger partial charge is 0.0466 e. The fourth-order valence-corrected chi connectivity index (χ4v) is 2.61. The summed E-state index contributed by atoms with van der Waals surface area (Å²) >= 11 is 0. The molecule has 1 nitrogen and oxygen atoms in total. The Labute approximate surface area is 137 Å². The molecule has 0 fully saturated rings. The van der Waals surface area contributed by atoms with Gasteiger partial charge in [-0.05, 0) is 43.4 Å². The van der Waals surface area contributed by atoms with Crippen molar-refractivity contribution in [3.05, 3.63) is 35.4 Å². The lowest BCUT2D eigenvalue weighted by molar-refractivity contribution is 0.130. The first kappa shape index (κ1) is 18.8. The minimum Gasteiger partial charge on any atom is -0.381 e. The number of aryl methyl sites for hydroxylation is 1. The van der Waals surface area contributed by atoms with E-state index in [0.717, 1.165) is 25.2 Å². The number of benzene rings is 1. The highest BCUT2D eigenvalue weighted by atomic mass is 16.5. The second-order valence-corrected chi connectivity index (χ2v) is 6.03. The highest BCUT2D eigenvalue weighted by molar-refractivity contribution is 5.34. The quantitative estimate of drug-likeness (QED) is 0.332. The molecule has 0 N–H and O–H groups in total. The summed E-state index contributed by atoms with van der Waals surface area (Å²) in [6.45, 7) is 4.03. The predicted octanol–water partition coefficient (Wildman–Crippen LogP) is 5.76. The lowest BCUT2D eigenvalue weighted by Gasteiger charge is -2.04. The Kier molecular flexibility index (Phi) is 11.4. The van der Waals surface area contributed by atoms with Gasteiger partial charge in [-0.3, -0.25) is 0 Å². The minimum atomic E-state index is 0.922. The first-order chi connectivity index (χ1) is 10.9. The van der Waals surface area contributed by atoms with E-state index in [4.69, 9.17) is 11.2 Å². The van der Waals surface area contributed by atoms with Crippen LogP contribution in [0.1, 0.15) is 75.8 Å². The maximum Gasteiger partial charge on any atom is 0.0466 e. The van der Waals surface area contributed by atoms with Crippen LogP contribution in [0.4, 0.5) is 0 Å². The van der Waals surface area contributed by atoms with Gasteiger partial charge in [0.15, 0.2) is 0 Å². The Bertz CT molecular complexity index is 399. The summed E-state index contributed by atoms with van der Waals surface area (Å²) in [5.41, 5.74) is 2.38. The van der Waals surface area contributed by atoms with Crippen LogP contribution in [0.25, 0.3) is 0 Å². The van der Waals surface area contributed by atoms with Gasteiger partial charge in [0.05, 0.1) is 0 Å². The van der Waals surface area contributed by atoms with E-state index >= 15 is 0 Å². The van der Waals surface area contributed by atoms with Crippen LogP contribution >= 0.6 is 0 Å². The van der Waals surface area contributed by atoms with Crippen molar-refractivity contribution in [1.82, 2.24) is 0 Å². The molecule has 0 spiro atoms. The second-order valence-electron chi connectivity index (χ2n) is 6.03. The maximum atomic E-state index is 5.49. The number of hydrogen-bond acceptors (Lipinski definition) is 1. The zero-order chi connectivity index (χ0) is 15.9. The first-order valence-corrected chi connectivity index (χ1v) is 9.00. The van der Waals surface area contributed by atoms with E-state index in [1.165, 1.54) is 63.4 Å². The molecule has 0 bridgehead atoms. The number of ether oxygens (including phenoxy) is 1. The summed E-state index contributed by atoms with van der Waals surface area (Å²) in [7, 11) is 0. The van der Waals surface area contributed by atoms with E-state index in [-0.39, 0.29) is 0 Å². The van der Waals surface area contributed by atoms with Crippen molar-refractivity contribution in [3.63, 3.8) is 0 Å². The van der Waals surface area contributed by atoms with Gasteiger partial charge in [0.25, 0.3) is 0 Å². The monoisotopic (exact) mass is 300 g/mol. The summed E-state index contributed by atoms with van der Waals surface area (Å²) in [5.74, 6) is 2.66. The lowest BCUT2D eigenvalue weighted by Crippen LogP contribution is -1.95. The van der Waals surface area contributed by atoms with Crippen LogP contribution in [0.5, 0.6) is 0 Å². The van der Waals surface area contributed by atoms with E-state index in [2.05, 4.69) is 25.0 Å². The molecule has 1 heteroatoms. The fraction of sp³-hybridized carbons (Fsp3) is 0.619. The molecular formula is C21H32O. The van der Waals surface area contributed by atoms with Crippen molar-refractivity contribution in [2.45, 2.75) is 71.1 Å². The van der Waals surface area contributed by atoms with Gasteiger partial charge in [0.2, 0.25) is 0 Å². The van der Waals surface area contributed by atoms with Crippen molar-refractivity contribution in [3.8, 4) is 12.3 Å². The van der Waals surface area contributed by atoms with Crippen molar-refractivity contribution in [2.75, 3.05) is 13.2 Å². The third-order valence-electron chi connectivity index (χ3n) is 3.97. The Morgan fingerprint density at radius 3 is 2.00 bits per heavy atom. The molecule has 1 rings (SSSR count). The number of unbranched alkanes of at least 4 members (excludes halogenated alkanes) is 7. The Balaban J connectivity index is 1.86. The summed E-state index contributed by atoms with van der Waals surface area (Å²) in [6, 6.07) is 8.41. The summed E-state index contributed by atoms with van der Waals surface area (Å²) in [5, 5.41) is 0. The first-order valence-electron chi connectivity index (χ1n) is 9.00. The van der Waals surface area contributed by atoms with Gasteiger partial charge < -0.3 is 4.74 Å². The normalized spacial score (nSPS) is 10.5. The number of rotatable bonds is 13. The highest BCUT2D eigenvalue weighted by Gasteiger charge is 1.95. The molecule has 0 aliphatic carbocycles. The zero-order valence-electron chi connectivity index (χ0n) is 14.3. The van der Waals surface area contributed by atoms with Gasteiger partial charge in [-0.15, -0.1) is 6.42 Å². The van der Waals surface area contributed by atoms with Crippen LogP contribution in [-0.4, -0.2) is 13.2 Å². The van der Waals surface area contributed by atoms with E-state index in [9.17, 15) is 0 Å². The van der Waals surface area contributed by atoms with Gasteiger partial charge in [-0.1, -0.05) is 63.5 Å². The molecule has 1 aromatic rings. The molecule has 0 aliphatic rings. The molecule has 1 aromatic carbocycles. The van der Waals surface area contributed by atoms with Crippen molar-refractivity contribution >= 4 is 0 Å². The molecule has 0 atom stereocenters. The molecule has 0 heterocycles. The van der Waals surface area contributed by atoms with Crippen molar-refractivity contribution in [2.24, 2.45) is 0 Å². The van der Waals surface area contributed by atoms with E-state index in [0.29, 0.717) is 0 Å². The third kappa shape index (κ3) is 9.64. The summed E-state index contributed by atoms with van der Waals surface area (Å²) in [4.78, 5) is 0. The second kappa shape index (κ2) is 13.4. The van der Waals surface area contributed by atoms with Crippen LogP contribution < -0.4 is 0 Å². The molecule has 0 aromatic heterocycles. The van der Waals surface area contributed by atoms with Gasteiger partial charge >= 0.3 is 0 Å².